The summed E-state index contributed by atoms with van der Waals surface area (Å²) in [6.45, 7) is 3.87. The lowest BCUT2D eigenvalue weighted by molar-refractivity contribution is 0.0752. The first-order chi connectivity index (χ1) is 9.00. The van der Waals surface area contributed by atoms with Gasteiger partial charge in [-0.3, -0.25) is 4.79 Å². The Bertz CT molecular complexity index is 451. The molecule has 2 heterocycles. The van der Waals surface area contributed by atoms with E-state index in [0.717, 1.165) is 17.3 Å². The lowest BCUT2D eigenvalue weighted by atomic mass is 10.1. The number of thioether (sulfide) groups is 2. The van der Waals surface area contributed by atoms with Gasteiger partial charge < -0.3 is 14.8 Å². The molecule has 0 atom stereocenters. The third-order valence-electron chi connectivity index (χ3n) is 2.98. The zero-order chi connectivity index (χ0) is 13.9. The van der Waals surface area contributed by atoms with Gasteiger partial charge in [0.1, 0.15) is 11.5 Å². The number of rotatable bonds is 3. The Hall–Kier alpha value is -0.590. The van der Waals surface area contributed by atoms with Gasteiger partial charge in [0.05, 0.1) is 11.2 Å². The maximum atomic E-state index is 12.1. The molecule has 1 amide bonds. The Morgan fingerprint density at radius 2 is 2.05 bits per heavy atom. The van der Waals surface area contributed by atoms with E-state index in [1.54, 1.807) is 36.5 Å². The number of hydrogen-bond acceptors (Lipinski definition) is 5. The molecule has 0 spiro atoms. The Kier molecular flexibility index (Phi) is 4.86. The van der Waals surface area contributed by atoms with E-state index in [0.29, 0.717) is 22.8 Å². The average Bonchev–Trinajstić information content (AvgIpc) is 2.58. The number of aryl methyl sites for hydroxylation is 2. The second kappa shape index (κ2) is 6.24. The summed E-state index contributed by atoms with van der Waals surface area (Å²) >= 11 is 3.47. The van der Waals surface area contributed by atoms with Gasteiger partial charge >= 0.3 is 0 Å². The molecule has 1 saturated heterocycles. The van der Waals surface area contributed by atoms with E-state index in [9.17, 15) is 9.90 Å². The van der Waals surface area contributed by atoms with Crippen LogP contribution in [0.25, 0.3) is 0 Å². The van der Waals surface area contributed by atoms with Crippen molar-refractivity contribution in [1.82, 2.24) is 5.32 Å². The minimum Gasteiger partial charge on any atom is -0.466 e. The quantitative estimate of drug-likeness (QED) is 0.892. The fraction of sp³-hybridized carbons (Fsp3) is 0.615. The average molecular weight is 301 g/mol. The molecule has 0 saturated carbocycles. The number of carbonyl (C=O) groups is 1. The molecule has 1 aliphatic heterocycles. The molecule has 0 aliphatic carbocycles. The Balaban J connectivity index is 1.94. The van der Waals surface area contributed by atoms with Crippen LogP contribution >= 0.6 is 23.5 Å². The van der Waals surface area contributed by atoms with Crippen LogP contribution in [0.1, 0.15) is 21.9 Å². The van der Waals surface area contributed by atoms with Crippen molar-refractivity contribution in [1.29, 1.82) is 0 Å². The van der Waals surface area contributed by atoms with E-state index >= 15 is 0 Å². The molecule has 0 bridgehead atoms. The maximum absolute atomic E-state index is 12.1. The van der Waals surface area contributed by atoms with E-state index < -0.39 is 5.60 Å². The van der Waals surface area contributed by atoms with Gasteiger partial charge in [-0.25, -0.2) is 0 Å². The van der Waals surface area contributed by atoms with E-state index in [4.69, 9.17) is 4.42 Å². The molecule has 19 heavy (non-hydrogen) atoms. The number of nitrogens with one attached hydrogen (secondary N) is 1. The third-order valence-corrected chi connectivity index (χ3v) is 5.70. The van der Waals surface area contributed by atoms with Gasteiger partial charge in [0, 0.05) is 29.6 Å². The predicted molar refractivity (Wildman–Crippen MR) is 80.1 cm³/mol. The predicted octanol–water partition coefficient (Wildman–Crippen LogP) is 1.84. The highest BCUT2D eigenvalue weighted by Gasteiger charge is 2.29. The fourth-order valence-corrected chi connectivity index (χ4v) is 4.51. The van der Waals surface area contributed by atoms with Gasteiger partial charge in [-0.05, 0) is 19.9 Å². The number of furan rings is 1. The molecule has 1 aliphatic rings. The SMILES string of the molecule is Cc1cc(C(=O)NCC2(O)CSCCSC2)c(C)o1. The lowest BCUT2D eigenvalue weighted by Gasteiger charge is -2.25. The maximum Gasteiger partial charge on any atom is 0.254 e. The molecule has 2 N–H and O–H groups in total. The summed E-state index contributed by atoms with van der Waals surface area (Å²) in [4.78, 5) is 12.1. The first-order valence-corrected chi connectivity index (χ1v) is 8.54. The fourth-order valence-electron chi connectivity index (χ4n) is 1.98. The van der Waals surface area contributed by atoms with Crippen molar-refractivity contribution in [3.8, 4) is 0 Å². The van der Waals surface area contributed by atoms with Crippen LogP contribution in [0.15, 0.2) is 10.5 Å². The number of carbonyl (C=O) groups excluding carboxylic acids is 1. The molecule has 4 nitrogen and oxygen atoms in total. The van der Waals surface area contributed by atoms with Crippen molar-refractivity contribution in [3.63, 3.8) is 0 Å². The van der Waals surface area contributed by atoms with Crippen molar-refractivity contribution in [2.45, 2.75) is 19.4 Å². The van der Waals surface area contributed by atoms with Crippen molar-refractivity contribution in [2.75, 3.05) is 29.6 Å². The number of amides is 1. The van der Waals surface area contributed by atoms with Crippen LogP contribution in [0.2, 0.25) is 0 Å². The van der Waals surface area contributed by atoms with Gasteiger partial charge in [0.2, 0.25) is 0 Å². The van der Waals surface area contributed by atoms with Crippen LogP contribution in [0.3, 0.4) is 0 Å². The van der Waals surface area contributed by atoms with Gasteiger partial charge in [0.25, 0.3) is 5.91 Å². The molecule has 0 radical (unpaired) electrons. The highest BCUT2D eigenvalue weighted by molar-refractivity contribution is 8.03. The van der Waals surface area contributed by atoms with Crippen molar-refractivity contribution in [2.24, 2.45) is 0 Å². The molecular formula is C13H19NO3S2. The van der Waals surface area contributed by atoms with Crippen LogP contribution in [-0.4, -0.2) is 46.2 Å². The zero-order valence-electron chi connectivity index (χ0n) is 11.2. The molecule has 1 aromatic rings. The van der Waals surface area contributed by atoms with Gasteiger partial charge in [-0.1, -0.05) is 0 Å². The van der Waals surface area contributed by atoms with Crippen LogP contribution < -0.4 is 5.32 Å². The van der Waals surface area contributed by atoms with Crippen LogP contribution in [0, 0.1) is 13.8 Å². The first kappa shape index (κ1) is 14.8. The summed E-state index contributed by atoms with van der Waals surface area (Å²) in [5, 5.41) is 13.3. The van der Waals surface area contributed by atoms with Gasteiger partial charge in [-0.2, -0.15) is 23.5 Å². The standard InChI is InChI=1S/C13H19NO3S2/c1-9-5-11(10(2)17-9)12(15)14-6-13(16)7-18-3-4-19-8-13/h5,16H,3-4,6-8H2,1-2H3,(H,14,15). The van der Waals surface area contributed by atoms with Gasteiger partial charge in [-0.15, -0.1) is 0 Å². The summed E-state index contributed by atoms with van der Waals surface area (Å²) in [6.07, 6.45) is 0. The second-order valence-corrected chi connectivity index (χ2v) is 7.05. The number of hydrogen-bond donors (Lipinski definition) is 2. The largest absolute Gasteiger partial charge is 0.466 e. The third kappa shape index (κ3) is 3.94. The molecule has 0 unspecified atom stereocenters. The minimum atomic E-state index is -0.811. The highest BCUT2D eigenvalue weighted by atomic mass is 32.2. The molecule has 2 rings (SSSR count). The molecule has 106 valence electrons. The Morgan fingerprint density at radius 3 is 2.58 bits per heavy atom. The topological polar surface area (TPSA) is 62.5 Å². The summed E-state index contributed by atoms with van der Waals surface area (Å²) in [7, 11) is 0. The van der Waals surface area contributed by atoms with Gasteiger partial charge in [0.15, 0.2) is 0 Å². The Morgan fingerprint density at radius 1 is 1.42 bits per heavy atom. The number of aliphatic hydroxyl groups is 1. The normalized spacial score (nSPS) is 18.9. The van der Waals surface area contributed by atoms with E-state index in [1.807, 2.05) is 6.92 Å². The summed E-state index contributed by atoms with van der Waals surface area (Å²) in [5.74, 6) is 4.62. The van der Waals surface area contributed by atoms with E-state index in [-0.39, 0.29) is 12.5 Å². The summed E-state index contributed by atoms with van der Waals surface area (Å²) in [5.41, 5.74) is -0.260. The molecule has 6 heteroatoms. The molecule has 0 aromatic carbocycles. The smallest absolute Gasteiger partial charge is 0.254 e. The molecule has 1 aromatic heterocycles. The lowest BCUT2D eigenvalue weighted by Crippen LogP contribution is -2.46. The minimum absolute atomic E-state index is 0.179. The highest BCUT2D eigenvalue weighted by Crippen LogP contribution is 2.24. The van der Waals surface area contributed by atoms with E-state index in [1.165, 1.54) is 0 Å². The van der Waals surface area contributed by atoms with Crippen molar-refractivity contribution in [3.05, 3.63) is 23.2 Å². The van der Waals surface area contributed by atoms with E-state index in [2.05, 4.69) is 5.32 Å². The summed E-state index contributed by atoms with van der Waals surface area (Å²) < 4.78 is 5.34. The molecule has 1 fully saturated rings. The zero-order valence-corrected chi connectivity index (χ0v) is 12.8. The second-order valence-electron chi connectivity index (χ2n) is 4.84. The summed E-state index contributed by atoms with van der Waals surface area (Å²) in [6, 6.07) is 1.73. The van der Waals surface area contributed by atoms with Crippen molar-refractivity contribution < 1.29 is 14.3 Å². The molecular weight excluding hydrogens is 282 g/mol. The van der Waals surface area contributed by atoms with Crippen molar-refractivity contribution >= 4 is 29.4 Å². The monoisotopic (exact) mass is 301 g/mol. The van der Waals surface area contributed by atoms with Crippen LogP contribution in [-0.2, 0) is 0 Å². The van der Waals surface area contributed by atoms with Crippen LogP contribution in [0.5, 0.6) is 0 Å². The first-order valence-electron chi connectivity index (χ1n) is 6.23. The Labute approximate surface area is 121 Å². The van der Waals surface area contributed by atoms with Crippen LogP contribution in [0.4, 0.5) is 0 Å².